The van der Waals surface area contributed by atoms with Crippen molar-refractivity contribution in [2.75, 3.05) is 6.61 Å². The Kier molecular flexibility index (Phi) is 2.26. The highest BCUT2D eigenvalue weighted by atomic mass is 16.3. The summed E-state index contributed by atoms with van der Waals surface area (Å²) in [5, 5.41) is 9.18. The molecule has 0 saturated carbocycles. The number of nitrogens with one attached hydrogen (secondary N) is 1. The topological polar surface area (TPSA) is 109 Å². The van der Waals surface area contributed by atoms with Crippen LogP contribution in [0.3, 0.4) is 0 Å². The third-order valence-corrected chi connectivity index (χ3v) is 3.15. The van der Waals surface area contributed by atoms with Gasteiger partial charge in [-0.25, -0.2) is 0 Å². The molecule has 2 heterocycles. The van der Waals surface area contributed by atoms with Gasteiger partial charge in [0.05, 0.1) is 34.7 Å². The number of H-pyrrole nitrogens is 1. The molecular formula is C12H8N2O5. The number of hydrogen-bond acceptors (Lipinski definition) is 5. The van der Waals surface area contributed by atoms with Crippen LogP contribution in [0, 0.1) is 0 Å². The van der Waals surface area contributed by atoms with Crippen molar-refractivity contribution >= 4 is 21.5 Å². The van der Waals surface area contributed by atoms with Crippen molar-refractivity contribution in [1.82, 2.24) is 9.55 Å². The van der Waals surface area contributed by atoms with Crippen LogP contribution in [0.4, 0.5) is 0 Å². The summed E-state index contributed by atoms with van der Waals surface area (Å²) < 4.78 is 0.891. The van der Waals surface area contributed by atoms with E-state index in [0.717, 1.165) is 4.57 Å². The van der Waals surface area contributed by atoms with Crippen LogP contribution in [0.15, 0.2) is 31.3 Å². The molecule has 19 heavy (non-hydrogen) atoms. The molecule has 0 unspecified atom stereocenters. The lowest BCUT2D eigenvalue weighted by Gasteiger charge is -1.92. The van der Waals surface area contributed by atoms with Crippen molar-refractivity contribution in [3.05, 3.63) is 53.5 Å². The van der Waals surface area contributed by atoms with Gasteiger partial charge in [-0.2, -0.15) is 0 Å². The van der Waals surface area contributed by atoms with E-state index in [1.807, 2.05) is 0 Å². The van der Waals surface area contributed by atoms with Crippen molar-refractivity contribution in [1.29, 1.82) is 0 Å². The Hall–Kier alpha value is -2.54. The van der Waals surface area contributed by atoms with Crippen LogP contribution in [0.5, 0.6) is 0 Å². The number of fused-ring (bicyclic) bond motifs is 2. The van der Waals surface area contributed by atoms with Crippen LogP contribution in [-0.2, 0) is 6.54 Å². The number of aromatic amines is 1. The van der Waals surface area contributed by atoms with Crippen LogP contribution >= 0.6 is 0 Å². The first-order valence-corrected chi connectivity index (χ1v) is 5.55. The molecule has 0 atom stereocenters. The number of rotatable bonds is 2. The van der Waals surface area contributed by atoms with E-state index in [2.05, 4.69) is 4.98 Å². The zero-order chi connectivity index (χ0) is 13.7. The molecule has 0 aliphatic rings. The molecule has 7 nitrogen and oxygen atoms in total. The molecule has 1 aromatic carbocycles. The third kappa shape index (κ3) is 1.42. The van der Waals surface area contributed by atoms with Gasteiger partial charge >= 0.3 is 0 Å². The number of nitrogens with zero attached hydrogens (tertiary/aromatic N) is 1. The van der Waals surface area contributed by atoms with Gasteiger partial charge < -0.3 is 5.11 Å². The molecule has 0 aliphatic heterocycles. The predicted molar refractivity (Wildman–Crippen MR) is 68.3 cm³/mol. The van der Waals surface area contributed by atoms with Crippen molar-refractivity contribution in [3.8, 4) is 0 Å². The Labute approximate surface area is 104 Å². The van der Waals surface area contributed by atoms with E-state index in [4.69, 9.17) is 5.11 Å². The summed E-state index contributed by atoms with van der Waals surface area (Å²) in [6, 6.07) is 2.50. The van der Waals surface area contributed by atoms with E-state index in [1.54, 1.807) is 0 Å². The molecule has 3 aromatic rings. The first-order valence-electron chi connectivity index (χ1n) is 5.55. The smallest absolute Gasteiger partial charge is 0.261 e. The fourth-order valence-electron chi connectivity index (χ4n) is 2.25. The van der Waals surface area contributed by atoms with Crippen molar-refractivity contribution in [2.45, 2.75) is 6.54 Å². The second-order valence-electron chi connectivity index (χ2n) is 4.21. The minimum absolute atomic E-state index is 0.0852. The summed E-state index contributed by atoms with van der Waals surface area (Å²) in [5.74, 6) is 0. The van der Waals surface area contributed by atoms with Gasteiger partial charge in [0.15, 0.2) is 0 Å². The van der Waals surface area contributed by atoms with Crippen molar-refractivity contribution < 1.29 is 5.11 Å². The third-order valence-electron chi connectivity index (χ3n) is 3.15. The number of aliphatic hydroxyl groups excluding tert-OH is 1. The molecule has 0 radical (unpaired) electrons. The normalized spacial score (nSPS) is 11.6. The number of aliphatic hydroxyl groups is 1. The molecule has 7 heteroatoms. The summed E-state index contributed by atoms with van der Waals surface area (Å²) in [6.07, 6.45) is 0. The summed E-state index contributed by atoms with van der Waals surface area (Å²) >= 11 is 0. The van der Waals surface area contributed by atoms with Gasteiger partial charge in [-0.05, 0) is 12.1 Å². The molecule has 2 N–H and O–H groups in total. The summed E-state index contributed by atoms with van der Waals surface area (Å²) in [4.78, 5) is 49.0. The minimum atomic E-state index is -0.580. The van der Waals surface area contributed by atoms with E-state index in [9.17, 15) is 19.2 Å². The van der Waals surface area contributed by atoms with Gasteiger partial charge in [-0.15, -0.1) is 0 Å². The SMILES string of the molecule is O=c1[nH]c(=O)c2cc3c(=O)n(CCO)c(=O)c3cc12. The maximum atomic E-state index is 12.0. The molecule has 0 amide bonds. The first kappa shape index (κ1) is 11.5. The van der Waals surface area contributed by atoms with E-state index < -0.39 is 22.2 Å². The predicted octanol–water partition coefficient (Wildman–Crippen LogP) is -1.57. The Balaban J connectivity index is 2.58. The highest BCUT2D eigenvalue weighted by Gasteiger charge is 2.16. The fourth-order valence-corrected chi connectivity index (χ4v) is 2.25. The fraction of sp³-hybridized carbons (Fsp3) is 0.167. The van der Waals surface area contributed by atoms with Crippen LogP contribution in [0.2, 0.25) is 0 Å². The highest BCUT2D eigenvalue weighted by molar-refractivity contribution is 5.97. The van der Waals surface area contributed by atoms with E-state index in [0.29, 0.717) is 0 Å². The Morgan fingerprint density at radius 2 is 1.37 bits per heavy atom. The van der Waals surface area contributed by atoms with Gasteiger partial charge in [-0.3, -0.25) is 28.7 Å². The molecule has 0 fully saturated rings. The molecule has 0 spiro atoms. The summed E-state index contributed by atoms with van der Waals surface area (Å²) in [5.41, 5.74) is -2.29. The van der Waals surface area contributed by atoms with Gasteiger partial charge in [-0.1, -0.05) is 0 Å². The monoisotopic (exact) mass is 260 g/mol. The quantitative estimate of drug-likeness (QED) is 0.578. The van der Waals surface area contributed by atoms with E-state index in [-0.39, 0.29) is 34.7 Å². The second kappa shape index (κ2) is 3.72. The molecular weight excluding hydrogens is 252 g/mol. The number of hydrogen-bond donors (Lipinski definition) is 2. The van der Waals surface area contributed by atoms with Gasteiger partial charge in [0.2, 0.25) is 0 Å². The molecule has 0 aliphatic carbocycles. The van der Waals surface area contributed by atoms with Crippen LogP contribution in [0.1, 0.15) is 0 Å². The van der Waals surface area contributed by atoms with Crippen molar-refractivity contribution in [2.24, 2.45) is 0 Å². The van der Waals surface area contributed by atoms with Crippen LogP contribution < -0.4 is 22.2 Å². The van der Waals surface area contributed by atoms with E-state index >= 15 is 0 Å². The molecule has 3 rings (SSSR count). The first-order chi connectivity index (χ1) is 9.04. The zero-order valence-electron chi connectivity index (χ0n) is 9.60. The minimum Gasteiger partial charge on any atom is -0.395 e. The van der Waals surface area contributed by atoms with Crippen LogP contribution in [0.25, 0.3) is 21.5 Å². The maximum absolute atomic E-state index is 12.0. The van der Waals surface area contributed by atoms with Gasteiger partial charge in [0.1, 0.15) is 0 Å². The molecule has 96 valence electrons. The molecule has 2 aromatic heterocycles. The lowest BCUT2D eigenvalue weighted by atomic mass is 10.1. The van der Waals surface area contributed by atoms with Crippen molar-refractivity contribution in [3.63, 3.8) is 0 Å². The van der Waals surface area contributed by atoms with Gasteiger partial charge in [0, 0.05) is 0 Å². The van der Waals surface area contributed by atoms with Crippen LogP contribution in [-0.4, -0.2) is 21.3 Å². The standard InChI is InChI=1S/C12H8N2O5/c15-2-1-14-11(18)7-3-5-6(4-8(7)12(14)19)10(17)13-9(5)16/h3-4,15H,1-2H2,(H,13,16,17). The number of benzene rings is 1. The maximum Gasteiger partial charge on any atom is 0.261 e. The number of aromatic nitrogens is 2. The lowest BCUT2D eigenvalue weighted by Crippen LogP contribution is -2.26. The zero-order valence-corrected chi connectivity index (χ0v) is 9.60. The Morgan fingerprint density at radius 3 is 1.79 bits per heavy atom. The van der Waals surface area contributed by atoms with E-state index in [1.165, 1.54) is 12.1 Å². The highest BCUT2D eigenvalue weighted by Crippen LogP contribution is 2.13. The summed E-state index contributed by atoms with van der Waals surface area (Å²) in [7, 11) is 0. The summed E-state index contributed by atoms with van der Waals surface area (Å²) in [6.45, 7) is -0.457. The Morgan fingerprint density at radius 1 is 0.895 bits per heavy atom. The second-order valence-corrected chi connectivity index (χ2v) is 4.21. The van der Waals surface area contributed by atoms with Gasteiger partial charge in [0.25, 0.3) is 22.2 Å². The molecule has 0 saturated heterocycles. The lowest BCUT2D eigenvalue weighted by molar-refractivity contribution is 0.273. The average molecular weight is 260 g/mol. The Bertz CT molecular complexity index is 925. The largest absolute Gasteiger partial charge is 0.395 e. The molecule has 0 bridgehead atoms. The average Bonchev–Trinajstić information content (AvgIpc) is 2.79.